The number of hydrogen-bond donors (Lipinski definition) is 0. The number of halogens is 5. The van der Waals surface area contributed by atoms with E-state index in [-0.39, 0.29) is 49.6 Å². The molecule has 37 heavy (non-hydrogen) atoms. The van der Waals surface area contributed by atoms with Gasteiger partial charge in [0, 0.05) is 36.2 Å². The lowest BCUT2D eigenvalue weighted by atomic mass is 10.2. The zero-order chi connectivity index (χ0) is 22.9. The number of fused-ring (bicyclic) bond motifs is 1. The first kappa shape index (κ1) is 35.6. The third kappa shape index (κ3) is 10.7. The minimum Gasteiger partial charge on any atom is -0.493 e. The fourth-order valence-electron chi connectivity index (χ4n) is 3.91. The third-order valence-electron chi connectivity index (χ3n) is 5.71. The third-order valence-corrected chi connectivity index (χ3v) is 5.94. The quantitative estimate of drug-likeness (QED) is 0.215. The minimum atomic E-state index is 0. The molecule has 1 fully saturated rings. The van der Waals surface area contributed by atoms with Crippen LogP contribution in [0.1, 0.15) is 24.8 Å². The molecule has 0 aliphatic carbocycles. The maximum Gasteiger partial charge on any atom is 0.161 e. The van der Waals surface area contributed by atoms with E-state index in [0.29, 0.717) is 18.2 Å². The molecular weight excluding hydrogens is 582 g/mol. The van der Waals surface area contributed by atoms with Gasteiger partial charge >= 0.3 is 0 Å². The average molecular weight is 617 g/mol. The Morgan fingerprint density at radius 2 is 1.54 bits per heavy atom. The van der Waals surface area contributed by atoms with Crippen LogP contribution in [0.15, 0.2) is 48.7 Å². The molecule has 2 heterocycles. The number of nitrogens with zero attached hydrogens (tertiary/aromatic N) is 2. The molecule has 0 unspecified atom stereocenters. The van der Waals surface area contributed by atoms with E-state index in [2.05, 4.69) is 22.0 Å². The highest BCUT2D eigenvalue weighted by Crippen LogP contribution is 2.29. The predicted octanol–water partition coefficient (Wildman–Crippen LogP) is 7.04. The molecule has 0 spiro atoms. The number of benzene rings is 2. The van der Waals surface area contributed by atoms with Gasteiger partial charge in [-0.3, -0.25) is 9.88 Å². The summed E-state index contributed by atoms with van der Waals surface area (Å²) in [4.78, 5) is 6.74. The molecule has 11 heteroatoms. The van der Waals surface area contributed by atoms with Crippen molar-refractivity contribution in [2.75, 3.05) is 46.6 Å². The van der Waals surface area contributed by atoms with Crippen molar-refractivity contribution in [3.05, 3.63) is 59.2 Å². The number of rotatable bonds is 11. The number of morpholine rings is 1. The molecule has 0 N–H and O–H groups in total. The molecule has 4 rings (SSSR count). The first-order valence-electron chi connectivity index (χ1n) is 11.5. The minimum absolute atomic E-state index is 0. The van der Waals surface area contributed by atoms with Gasteiger partial charge in [0.2, 0.25) is 0 Å². The van der Waals surface area contributed by atoms with Gasteiger partial charge in [-0.15, -0.1) is 49.6 Å². The molecule has 208 valence electrons. The second-order valence-corrected chi connectivity index (χ2v) is 8.54. The lowest BCUT2D eigenvalue weighted by Gasteiger charge is -2.26. The van der Waals surface area contributed by atoms with Gasteiger partial charge in [0.05, 0.1) is 39.1 Å². The molecule has 0 saturated carbocycles. The van der Waals surface area contributed by atoms with E-state index in [1.165, 1.54) is 5.56 Å². The van der Waals surface area contributed by atoms with Crippen LogP contribution in [0.2, 0.25) is 5.02 Å². The predicted molar refractivity (Wildman–Crippen MR) is 160 cm³/mol. The highest BCUT2D eigenvalue weighted by Gasteiger charge is 2.13. The summed E-state index contributed by atoms with van der Waals surface area (Å²) in [7, 11) is 1.69. The molecular formula is C26H35Cl5N2O4. The molecule has 1 aliphatic rings. The van der Waals surface area contributed by atoms with Crippen LogP contribution in [-0.2, 0) is 11.3 Å². The van der Waals surface area contributed by atoms with Gasteiger partial charge in [-0.05, 0) is 61.2 Å². The van der Waals surface area contributed by atoms with Gasteiger partial charge in [-0.25, -0.2) is 0 Å². The van der Waals surface area contributed by atoms with Crippen LogP contribution >= 0.6 is 61.2 Å². The van der Waals surface area contributed by atoms with Gasteiger partial charge in [0.15, 0.2) is 11.5 Å². The lowest BCUT2D eigenvalue weighted by Crippen LogP contribution is -2.35. The van der Waals surface area contributed by atoms with Crippen molar-refractivity contribution in [3.63, 3.8) is 0 Å². The summed E-state index contributed by atoms with van der Waals surface area (Å²) in [5, 5.41) is 1.66. The number of ether oxygens (including phenoxy) is 4. The lowest BCUT2D eigenvalue weighted by molar-refractivity contribution is 0.0341. The smallest absolute Gasteiger partial charge is 0.161 e. The van der Waals surface area contributed by atoms with Crippen LogP contribution in [0.25, 0.3) is 10.9 Å². The first-order chi connectivity index (χ1) is 16.2. The van der Waals surface area contributed by atoms with Crippen molar-refractivity contribution in [1.82, 2.24) is 9.88 Å². The SMILES string of the molecule is COc1cc(CN2CCOCC2)ccc1OCCCCCOc1ccnc2cc(Cl)ccc12.Cl.Cl.Cl.Cl. The van der Waals surface area contributed by atoms with Crippen molar-refractivity contribution in [3.8, 4) is 17.2 Å². The van der Waals surface area contributed by atoms with Crippen LogP contribution in [0.5, 0.6) is 17.2 Å². The molecule has 0 amide bonds. The normalized spacial score (nSPS) is 12.8. The first-order valence-corrected chi connectivity index (χ1v) is 11.9. The Hall–Kier alpha value is -1.38. The Bertz CT molecular complexity index is 1050. The summed E-state index contributed by atoms with van der Waals surface area (Å²) in [5.74, 6) is 2.42. The van der Waals surface area contributed by atoms with Gasteiger partial charge in [0.1, 0.15) is 5.75 Å². The van der Waals surface area contributed by atoms with E-state index < -0.39 is 0 Å². The van der Waals surface area contributed by atoms with Crippen molar-refractivity contribution in [2.45, 2.75) is 25.8 Å². The van der Waals surface area contributed by atoms with Gasteiger partial charge in [-0.1, -0.05) is 17.7 Å². The van der Waals surface area contributed by atoms with E-state index in [0.717, 1.165) is 80.3 Å². The maximum absolute atomic E-state index is 6.05. The van der Waals surface area contributed by atoms with E-state index in [1.54, 1.807) is 13.3 Å². The van der Waals surface area contributed by atoms with Crippen LogP contribution in [0.3, 0.4) is 0 Å². The molecule has 1 saturated heterocycles. The second-order valence-electron chi connectivity index (χ2n) is 8.10. The zero-order valence-electron chi connectivity index (χ0n) is 20.7. The standard InChI is InChI=1S/C26H31ClN2O4.4ClH/c1-30-26-17-20(19-29-11-15-31-16-12-29)5-8-25(26)33-14-4-2-3-13-32-24-9-10-28-23-18-21(27)6-7-22(23)24;;;;/h5-10,17-18H,2-4,11-16,19H2,1H3;4*1H. The second kappa shape index (κ2) is 18.8. The van der Waals surface area contributed by atoms with Crippen LogP contribution in [-0.4, -0.2) is 56.5 Å². The molecule has 0 atom stereocenters. The number of unbranched alkanes of at least 4 members (excludes halogenated alkanes) is 2. The maximum atomic E-state index is 6.05. The number of aromatic nitrogens is 1. The summed E-state index contributed by atoms with van der Waals surface area (Å²) >= 11 is 6.05. The molecule has 6 nitrogen and oxygen atoms in total. The summed E-state index contributed by atoms with van der Waals surface area (Å²) in [5.41, 5.74) is 2.07. The average Bonchev–Trinajstić information content (AvgIpc) is 2.84. The highest BCUT2D eigenvalue weighted by atomic mass is 35.5. The topological polar surface area (TPSA) is 53.1 Å². The summed E-state index contributed by atoms with van der Waals surface area (Å²) < 4.78 is 23.0. The Labute approximate surface area is 249 Å². The fourth-order valence-corrected chi connectivity index (χ4v) is 4.08. The van der Waals surface area contributed by atoms with Gasteiger partial charge in [0.25, 0.3) is 0 Å². The molecule has 3 aromatic rings. The largest absolute Gasteiger partial charge is 0.493 e. The summed E-state index contributed by atoms with van der Waals surface area (Å²) in [6.07, 6.45) is 4.68. The van der Waals surface area contributed by atoms with E-state index >= 15 is 0 Å². The van der Waals surface area contributed by atoms with Crippen molar-refractivity contribution >= 4 is 72.1 Å². The van der Waals surface area contributed by atoms with Crippen molar-refractivity contribution in [2.24, 2.45) is 0 Å². The Kier molecular flexibility index (Phi) is 18.1. The summed E-state index contributed by atoms with van der Waals surface area (Å²) in [6, 6.07) is 13.8. The highest BCUT2D eigenvalue weighted by molar-refractivity contribution is 6.31. The Morgan fingerprint density at radius 1 is 0.838 bits per heavy atom. The summed E-state index contributed by atoms with van der Waals surface area (Å²) in [6.45, 7) is 5.75. The van der Waals surface area contributed by atoms with Crippen LogP contribution in [0.4, 0.5) is 0 Å². The van der Waals surface area contributed by atoms with Gasteiger partial charge < -0.3 is 18.9 Å². The molecule has 2 aromatic carbocycles. The molecule has 1 aromatic heterocycles. The monoisotopic (exact) mass is 614 g/mol. The zero-order valence-corrected chi connectivity index (χ0v) is 24.8. The van der Waals surface area contributed by atoms with E-state index in [4.69, 9.17) is 30.5 Å². The molecule has 0 radical (unpaired) electrons. The Balaban J connectivity index is 0.00000324. The van der Waals surface area contributed by atoms with Gasteiger partial charge in [-0.2, -0.15) is 0 Å². The fraction of sp³-hybridized carbons (Fsp3) is 0.423. The van der Waals surface area contributed by atoms with Crippen molar-refractivity contribution in [1.29, 1.82) is 0 Å². The molecule has 1 aliphatic heterocycles. The van der Waals surface area contributed by atoms with Crippen LogP contribution in [0, 0.1) is 0 Å². The van der Waals surface area contributed by atoms with Crippen molar-refractivity contribution < 1.29 is 18.9 Å². The van der Waals surface area contributed by atoms with E-state index in [9.17, 15) is 0 Å². The molecule has 0 bridgehead atoms. The van der Waals surface area contributed by atoms with Crippen LogP contribution < -0.4 is 14.2 Å². The number of hydrogen-bond acceptors (Lipinski definition) is 6. The number of pyridine rings is 1. The number of methoxy groups -OCH3 is 1. The Morgan fingerprint density at radius 3 is 2.24 bits per heavy atom. The van der Waals surface area contributed by atoms with E-state index in [1.807, 2.05) is 30.3 Å².